The van der Waals surface area contributed by atoms with E-state index >= 15 is 0 Å². The molecular formula is C15H22Cl2N2O. The highest BCUT2D eigenvalue weighted by atomic mass is 35.5. The number of hydrogen-bond donors (Lipinski definition) is 0. The number of amides is 1. The van der Waals surface area contributed by atoms with Gasteiger partial charge in [0, 0.05) is 32.7 Å². The van der Waals surface area contributed by atoms with Crippen molar-refractivity contribution in [2.45, 2.75) is 19.9 Å². The molecule has 0 saturated carbocycles. The zero-order valence-electron chi connectivity index (χ0n) is 11.8. The number of nitrogens with zero attached hydrogens (tertiary/aromatic N) is 2. The molecule has 1 amide bonds. The van der Waals surface area contributed by atoms with Gasteiger partial charge in [-0.25, -0.2) is 0 Å². The van der Waals surface area contributed by atoms with Crippen molar-refractivity contribution < 1.29 is 4.79 Å². The lowest BCUT2D eigenvalue weighted by Crippen LogP contribution is -2.35. The molecule has 1 aromatic rings. The van der Waals surface area contributed by atoms with Crippen LogP contribution in [0.3, 0.4) is 0 Å². The molecule has 0 atom stereocenters. The van der Waals surface area contributed by atoms with E-state index in [9.17, 15) is 4.79 Å². The maximum Gasteiger partial charge on any atom is 0.237 e. The number of carbonyl (C=O) groups excluding carboxylic acids is 1. The van der Waals surface area contributed by atoms with E-state index in [0.717, 1.165) is 39.1 Å². The van der Waals surface area contributed by atoms with Crippen molar-refractivity contribution in [1.29, 1.82) is 0 Å². The summed E-state index contributed by atoms with van der Waals surface area (Å²) in [6.45, 7) is 6.65. The Labute approximate surface area is 132 Å². The fourth-order valence-corrected chi connectivity index (χ4v) is 2.58. The van der Waals surface area contributed by atoms with Crippen LogP contribution in [0, 0.1) is 6.92 Å². The number of hydrogen-bond acceptors (Lipinski definition) is 2. The van der Waals surface area contributed by atoms with Gasteiger partial charge in [-0.3, -0.25) is 9.69 Å². The Morgan fingerprint density at radius 1 is 1.15 bits per heavy atom. The molecule has 1 aromatic carbocycles. The first-order valence-corrected chi connectivity index (χ1v) is 7.34. The van der Waals surface area contributed by atoms with Crippen LogP contribution in [-0.2, 0) is 11.3 Å². The second-order valence-corrected chi connectivity index (χ2v) is 5.40. The largest absolute Gasteiger partial charge is 0.340 e. The Morgan fingerprint density at radius 3 is 2.50 bits per heavy atom. The van der Waals surface area contributed by atoms with Crippen LogP contribution in [0.4, 0.5) is 0 Å². The van der Waals surface area contributed by atoms with E-state index in [0.29, 0.717) is 0 Å². The summed E-state index contributed by atoms with van der Waals surface area (Å²) in [6, 6.07) is 8.66. The van der Waals surface area contributed by atoms with Gasteiger partial charge >= 0.3 is 0 Å². The number of carbonyl (C=O) groups is 1. The molecule has 5 heteroatoms. The monoisotopic (exact) mass is 316 g/mol. The molecule has 3 nitrogen and oxygen atoms in total. The van der Waals surface area contributed by atoms with Gasteiger partial charge in [0.15, 0.2) is 0 Å². The number of alkyl halides is 1. The van der Waals surface area contributed by atoms with Gasteiger partial charge in [-0.1, -0.05) is 29.8 Å². The van der Waals surface area contributed by atoms with Crippen molar-refractivity contribution in [2.75, 3.05) is 32.1 Å². The first kappa shape index (κ1) is 17.3. The van der Waals surface area contributed by atoms with Gasteiger partial charge in [-0.15, -0.1) is 24.0 Å². The highest BCUT2D eigenvalue weighted by Gasteiger charge is 2.18. The van der Waals surface area contributed by atoms with E-state index < -0.39 is 0 Å². The van der Waals surface area contributed by atoms with E-state index in [1.807, 2.05) is 4.90 Å². The normalized spacial score (nSPS) is 16.4. The Bertz CT molecular complexity index is 422. The minimum Gasteiger partial charge on any atom is -0.340 e. The van der Waals surface area contributed by atoms with E-state index in [4.69, 9.17) is 11.6 Å². The van der Waals surface area contributed by atoms with Gasteiger partial charge in [0.05, 0.1) is 0 Å². The standard InChI is InChI=1S/C15H21ClN2O.ClH/c1-13-3-5-14(6-4-13)12-17-7-2-8-18(10-9-17)15(19)11-16;/h3-6H,2,7-12H2,1H3;1H. The molecule has 0 aliphatic carbocycles. The van der Waals surface area contributed by atoms with Crippen molar-refractivity contribution in [3.8, 4) is 0 Å². The molecule has 0 spiro atoms. The molecule has 1 aliphatic rings. The molecule has 112 valence electrons. The quantitative estimate of drug-likeness (QED) is 0.800. The van der Waals surface area contributed by atoms with Gasteiger partial charge in [-0.2, -0.15) is 0 Å². The van der Waals surface area contributed by atoms with Crippen LogP contribution >= 0.6 is 24.0 Å². The number of halogens is 2. The Hall–Kier alpha value is -0.770. The molecule has 0 radical (unpaired) electrons. The summed E-state index contributed by atoms with van der Waals surface area (Å²) in [5, 5.41) is 0. The maximum atomic E-state index is 11.6. The molecule has 1 saturated heterocycles. The maximum absolute atomic E-state index is 11.6. The second-order valence-electron chi connectivity index (χ2n) is 5.13. The van der Waals surface area contributed by atoms with Gasteiger partial charge < -0.3 is 4.90 Å². The predicted octanol–water partition coefficient (Wildman–Crippen LogP) is 2.69. The van der Waals surface area contributed by atoms with Gasteiger partial charge in [0.2, 0.25) is 5.91 Å². The second kappa shape index (κ2) is 8.50. The molecule has 0 unspecified atom stereocenters. The SMILES string of the molecule is Cc1ccc(CN2CCCN(C(=O)CCl)CC2)cc1.Cl. The first-order chi connectivity index (χ1) is 9.19. The van der Waals surface area contributed by atoms with Gasteiger partial charge in [0.25, 0.3) is 0 Å². The number of rotatable bonds is 3. The smallest absolute Gasteiger partial charge is 0.237 e. The summed E-state index contributed by atoms with van der Waals surface area (Å²) >= 11 is 5.61. The summed E-state index contributed by atoms with van der Waals surface area (Å²) < 4.78 is 0. The van der Waals surface area contributed by atoms with Crippen LogP contribution in [0.15, 0.2) is 24.3 Å². The fraction of sp³-hybridized carbons (Fsp3) is 0.533. The van der Waals surface area contributed by atoms with Crippen molar-refractivity contribution in [3.05, 3.63) is 35.4 Å². The lowest BCUT2D eigenvalue weighted by molar-refractivity contribution is -0.128. The van der Waals surface area contributed by atoms with Crippen LogP contribution < -0.4 is 0 Å². The summed E-state index contributed by atoms with van der Waals surface area (Å²) in [4.78, 5) is 15.9. The van der Waals surface area contributed by atoms with Crippen LogP contribution in [0.2, 0.25) is 0 Å². The van der Waals surface area contributed by atoms with Crippen LogP contribution in [0.25, 0.3) is 0 Å². The lowest BCUT2D eigenvalue weighted by atomic mass is 10.1. The van der Waals surface area contributed by atoms with Gasteiger partial charge in [0.1, 0.15) is 5.88 Å². The highest BCUT2D eigenvalue weighted by molar-refractivity contribution is 6.27. The molecule has 2 rings (SSSR count). The minimum absolute atomic E-state index is 0. The summed E-state index contributed by atoms with van der Waals surface area (Å²) in [7, 11) is 0. The van der Waals surface area contributed by atoms with Crippen molar-refractivity contribution >= 4 is 29.9 Å². The molecule has 0 aromatic heterocycles. The highest BCUT2D eigenvalue weighted by Crippen LogP contribution is 2.10. The van der Waals surface area contributed by atoms with Crippen LogP contribution in [0.5, 0.6) is 0 Å². The Balaban J connectivity index is 0.00000200. The summed E-state index contributed by atoms with van der Waals surface area (Å²) in [6.07, 6.45) is 1.02. The zero-order chi connectivity index (χ0) is 13.7. The summed E-state index contributed by atoms with van der Waals surface area (Å²) in [5.74, 6) is 0.150. The fourth-order valence-electron chi connectivity index (χ4n) is 2.41. The van der Waals surface area contributed by atoms with E-state index in [2.05, 4.69) is 36.1 Å². The zero-order valence-corrected chi connectivity index (χ0v) is 13.4. The van der Waals surface area contributed by atoms with Crippen LogP contribution in [0.1, 0.15) is 17.5 Å². The van der Waals surface area contributed by atoms with Gasteiger partial charge in [-0.05, 0) is 18.9 Å². The third kappa shape index (κ3) is 4.97. The van der Waals surface area contributed by atoms with Crippen molar-refractivity contribution in [1.82, 2.24) is 9.80 Å². The average molecular weight is 317 g/mol. The minimum atomic E-state index is 0. The first-order valence-electron chi connectivity index (χ1n) is 6.80. The van der Waals surface area contributed by atoms with Crippen molar-refractivity contribution in [2.24, 2.45) is 0 Å². The summed E-state index contributed by atoms with van der Waals surface area (Å²) in [5.41, 5.74) is 2.63. The molecule has 0 N–H and O–H groups in total. The predicted molar refractivity (Wildman–Crippen MR) is 85.6 cm³/mol. The Morgan fingerprint density at radius 2 is 1.85 bits per heavy atom. The average Bonchev–Trinajstić information content (AvgIpc) is 2.66. The molecule has 20 heavy (non-hydrogen) atoms. The molecule has 1 fully saturated rings. The van der Waals surface area contributed by atoms with E-state index in [-0.39, 0.29) is 24.2 Å². The number of aryl methyl sites for hydroxylation is 1. The third-order valence-corrected chi connectivity index (χ3v) is 3.81. The van der Waals surface area contributed by atoms with Crippen molar-refractivity contribution in [3.63, 3.8) is 0 Å². The number of benzene rings is 1. The van der Waals surface area contributed by atoms with Crippen LogP contribution in [-0.4, -0.2) is 47.8 Å². The lowest BCUT2D eigenvalue weighted by Gasteiger charge is -2.21. The van der Waals surface area contributed by atoms with E-state index in [1.54, 1.807) is 0 Å². The van der Waals surface area contributed by atoms with E-state index in [1.165, 1.54) is 11.1 Å². The molecular weight excluding hydrogens is 295 g/mol. The topological polar surface area (TPSA) is 23.6 Å². The molecule has 0 bridgehead atoms. The molecule has 1 heterocycles. The molecule has 1 aliphatic heterocycles. The Kier molecular flexibility index (Phi) is 7.35. The third-order valence-electron chi connectivity index (χ3n) is 3.58.